The highest BCUT2D eigenvalue weighted by Crippen LogP contribution is 2.36. The van der Waals surface area contributed by atoms with Crippen LogP contribution in [0.25, 0.3) is 0 Å². The second kappa shape index (κ2) is 9.33. The molecule has 9 heteroatoms. The van der Waals surface area contributed by atoms with Gasteiger partial charge in [-0.3, -0.25) is 4.79 Å². The summed E-state index contributed by atoms with van der Waals surface area (Å²) in [6, 6.07) is 10.5. The van der Waals surface area contributed by atoms with Crippen molar-refractivity contribution in [3.05, 3.63) is 53.6 Å². The number of hydrogen-bond acceptors (Lipinski definition) is 4. The first kappa shape index (κ1) is 22.9. The third-order valence-corrected chi connectivity index (χ3v) is 6.22. The van der Waals surface area contributed by atoms with Crippen LogP contribution in [0, 0.1) is 0 Å². The van der Waals surface area contributed by atoms with E-state index < -0.39 is 17.8 Å². The molecule has 0 bridgehead atoms. The number of amides is 2. The second-order valence-electron chi connectivity index (χ2n) is 8.43. The SMILES string of the molecule is CC(=O)c1ccc(N2CCN(C(=O)Nc3cc(C(F)(F)F)ccc3N3CCCC3)CC2)cc1. The quantitative estimate of drug-likeness (QED) is 0.662. The van der Waals surface area contributed by atoms with Crippen LogP contribution < -0.4 is 15.1 Å². The highest BCUT2D eigenvalue weighted by molar-refractivity contribution is 5.95. The summed E-state index contributed by atoms with van der Waals surface area (Å²) in [5.74, 6) is 0.00549. The van der Waals surface area contributed by atoms with E-state index in [1.54, 1.807) is 17.0 Å². The number of rotatable bonds is 4. The maximum Gasteiger partial charge on any atom is 0.416 e. The standard InChI is InChI=1S/C24H27F3N4O2/c1-17(32)18-4-7-20(8-5-18)29-12-14-31(15-13-29)23(33)28-21-16-19(24(25,26)27)6-9-22(21)30-10-2-3-11-30/h4-9,16H,2-3,10-15H2,1H3,(H,28,33). The lowest BCUT2D eigenvalue weighted by molar-refractivity contribution is -0.137. The fraction of sp³-hybridized carbons (Fsp3) is 0.417. The summed E-state index contributed by atoms with van der Waals surface area (Å²) < 4.78 is 39.8. The molecular weight excluding hydrogens is 433 g/mol. The fourth-order valence-electron chi connectivity index (χ4n) is 4.32. The van der Waals surface area contributed by atoms with Crippen LogP contribution in [0.2, 0.25) is 0 Å². The van der Waals surface area contributed by atoms with Gasteiger partial charge in [0.25, 0.3) is 0 Å². The number of hydrogen-bond donors (Lipinski definition) is 1. The van der Waals surface area contributed by atoms with Crippen molar-refractivity contribution in [2.24, 2.45) is 0 Å². The molecule has 0 aliphatic carbocycles. The van der Waals surface area contributed by atoms with E-state index in [0.717, 1.165) is 43.8 Å². The highest BCUT2D eigenvalue weighted by atomic mass is 19.4. The van der Waals surface area contributed by atoms with Crippen molar-refractivity contribution in [2.75, 3.05) is 54.4 Å². The molecule has 2 amide bonds. The molecule has 6 nitrogen and oxygen atoms in total. The molecule has 2 saturated heterocycles. The number of benzene rings is 2. The van der Waals surface area contributed by atoms with Crippen LogP contribution in [0.5, 0.6) is 0 Å². The number of piperazine rings is 1. The molecule has 0 aromatic heterocycles. The van der Waals surface area contributed by atoms with Gasteiger partial charge in [-0.05, 0) is 62.2 Å². The number of nitrogens with zero attached hydrogens (tertiary/aromatic N) is 3. The van der Waals surface area contributed by atoms with Gasteiger partial charge >= 0.3 is 12.2 Å². The Balaban J connectivity index is 1.43. The number of alkyl halides is 3. The second-order valence-corrected chi connectivity index (χ2v) is 8.43. The molecule has 33 heavy (non-hydrogen) atoms. The molecule has 2 aliphatic rings. The van der Waals surface area contributed by atoms with Gasteiger partial charge in [-0.2, -0.15) is 13.2 Å². The number of anilines is 3. The largest absolute Gasteiger partial charge is 0.416 e. The van der Waals surface area contributed by atoms with Crippen LogP contribution in [-0.2, 0) is 6.18 Å². The number of urea groups is 1. The normalized spacial score (nSPS) is 16.8. The lowest BCUT2D eigenvalue weighted by Gasteiger charge is -2.36. The van der Waals surface area contributed by atoms with Gasteiger partial charge in [0.1, 0.15) is 0 Å². The lowest BCUT2D eigenvalue weighted by Crippen LogP contribution is -2.50. The molecule has 2 fully saturated rings. The summed E-state index contributed by atoms with van der Waals surface area (Å²) in [6.07, 6.45) is -2.53. The first-order chi connectivity index (χ1) is 15.7. The fourth-order valence-corrected chi connectivity index (χ4v) is 4.32. The molecule has 2 heterocycles. The van der Waals surface area contributed by atoms with Gasteiger partial charge in [0.2, 0.25) is 0 Å². The summed E-state index contributed by atoms with van der Waals surface area (Å²) in [7, 11) is 0. The molecule has 0 atom stereocenters. The zero-order valence-electron chi connectivity index (χ0n) is 18.5. The summed E-state index contributed by atoms with van der Waals surface area (Å²) in [5, 5.41) is 2.73. The average molecular weight is 461 g/mol. The van der Waals surface area contributed by atoms with Crippen molar-refractivity contribution >= 4 is 28.9 Å². The summed E-state index contributed by atoms with van der Waals surface area (Å²) in [4.78, 5) is 30.1. The van der Waals surface area contributed by atoms with Crippen molar-refractivity contribution in [3.8, 4) is 0 Å². The zero-order valence-corrected chi connectivity index (χ0v) is 18.5. The summed E-state index contributed by atoms with van der Waals surface area (Å²) in [6.45, 7) is 5.11. The Hall–Kier alpha value is -3.23. The molecule has 0 unspecified atom stereocenters. The van der Waals surface area contributed by atoms with Crippen LogP contribution in [0.1, 0.15) is 35.7 Å². The Bertz CT molecular complexity index is 1010. The minimum Gasteiger partial charge on any atom is -0.370 e. The van der Waals surface area contributed by atoms with Gasteiger partial charge in [0.05, 0.1) is 16.9 Å². The smallest absolute Gasteiger partial charge is 0.370 e. The van der Waals surface area contributed by atoms with Gasteiger partial charge in [-0.15, -0.1) is 0 Å². The van der Waals surface area contributed by atoms with Gasteiger partial charge in [-0.1, -0.05) is 0 Å². The monoisotopic (exact) mass is 460 g/mol. The Labute approximate surface area is 191 Å². The van der Waals surface area contributed by atoms with Crippen LogP contribution in [-0.4, -0.2) is 56.0 Å². The zero-order chi connectivity index (χ0) is 23.6. The molecule has 4 rings (SSSR count). The number of Topliss-reactive ketones (excluding diaryl/α,β-unsaturated/α-hetero) is 1. The molecule has 0 radical (unpaired) electrons. The number of ketones is 1. The minimum atomic E-state index is -4.48. The third kappa shape index (κ3) is 5.23. The van der Waals surface area contributed by atoms with Crippen LogP contribution in [0.4, 0.5) is 35.0 Å². The van der Waals surface area contributed by atoms with Crippen LogP contribution >= 0.6 is 0 Å². The molecular formula is C24H27F3N4O2. The van der Waals surface area contributed by atoms with Gasteiger partial charge in [0.15, 0.2) is 5.78 Å². The maximum absolute atomic E-state index is 13.3. The number of halogens is 3. The van der Waals surface area contributed by atoms with Gasteiger partial charge < -0.3 is 20.0 Å². The molecule has 2 aliphatic heterocycles. The van der Waals surface area contributed by atoms with Crippen molar-refractivity contribution < 1.29 is 22.8 Å². The first-order valence-corrected chi connectivity index (χ1v) is 11.1. The van der Waals surface area contributed by atoms with Crippen molar-refractivity contribution in [1.29, 1.82) is 0 Å². The van der Waals surface area contributed by atoms with E-state index >= 15 is 0 Å². The molecule has 0 saturated carbocycles. The van der Waals surface area contributed by atoms with E-state index in [-0.39, 0.29) is 11.5 Å². The third-order valence-electron chi connectivity index (χ3n) is 6.22. The van der Waals surface area contributed by atoms with E-state index in [9.17, 15) is 22.8 Å². The molecule has 2 aromatic carbocycles. The number of carbonyl (C=O) groups excluding carboxylic acids is 2. The Morgan fingerprint density at radius 1 is 0.848 bits per heavy atom. The molecule has 2 aromatic rings. The van der Waals surface area contributed by atoms with E-state index in [0.29, 0.717) is 37.4 Å². The lowest BCUT2D eigenvalue weighted by atomic mass is 10.1. The predicted molar refractivity (Wildman–Crippen MR) is 122 cm³/mol. The minimum absolute atomic E-state index is 0.00549. The predicted octanol–water partition coefficient (Wildman–Crippen LogP) is 4.86. The van der Waals surface area contributed by atoms with E-state index in [4.69, 9.17) is 0 Å². The average Bonchev–Trinajstić information content (AvgIpc) is 3.33. The van der Waals surface area contributed by atoms with Crippen molar-refractivity contribution in [1.82, 2.24) is 4.90 Å². The highest BCUT2D eigenvalue weighted by Gasteiger charge is 2.32. The van der Waals surface area contributed by atoms with Crippen LogP contribution in [0.3, 0.4) is 0 Å². The van der Waals surface area contributed by atoms with Crippen molar-refractivity contribution in [3.63, 3.8) is 0 Å². The molecule has 1 N–H and O–H groups in total. The topological polar surface area (TPSA) is 55.9 Å². The van der Waals surface area contributed by atoms with E-state index in [1.165, 1.54) is 13.0 Å². The van der Waals surface area contributed by atoms with Crippen LogP contribution in [0.15, 0.2) is 42.5 Å². The van der Waals surface area contributed by atoms with E-state index in [2.05, 4.69) is 10.2 Å². The number of carbonyl (C=O) groups is 2. The molecule has 0 spiro atoms. The van der Waals surface area contributed by atoms with Crippen molar-refractivity contribution in [2.45, 2.75) is 25.9 Å². The maximum atomic E-state index is 13.3. The summed E-state index contributed by atoms with van der Waals surface area (Å²) >= 11 is 0. The molecule has 176 valence electrons. The summed E-state index contributed by atoms with van der Waals surface area (Å²) in [5.41, 5.74) is 1.65. The Kier molecular flexibility index (Phi) is 6.49. The Morgan fingerprint density at radius 3 is 2.06 bits per heavy atom. The van der Waals surface area contributed by atoms with E-state index in [1.807, 2.05) is 17.0 Å². The number of nitrogens with one attached hydrogen (secondary N) is 1. The van der Waals surface area contributed by atoms with Gasteiger partial charge in [-0.25, -0.2) is 4.79 Å². The Morgan fingerprint density at radius 2 is 1.48 bits per heavy atom. The van der Waals surface area contributed by atoms with Gasteiger partial charge in [0, 0.05) is 50.5 Å². The first-order valence-electron chi connectivity index (χ1n) is 11.1.